The molecule has 0 amide bonds. The van der Waals surface area contributed by atoms with Crippen molar-refractivity contribution < 1.29 is 80.2 Å². The molecule has 2 unspecified atom stereocenters. The number of ether oxygens (including phenoxy) is 4. The van der Waals surface area contributed by atoms with Gasteiger partial charge in [0.2, 0.25) is 0 Å². The second-order valence-electron chi connectivity index (χ2n) is 28.1. The summed E-state index contributed by atoms with van der Waals surface area (Å²) in [5, 5.41) is 10.7. The fourth-order valence-corrected chi connectivity index (χ4v) is 13.0. The third-order valence-corrected chi connectivity index (χ3v) is 19.7. The number of rotatable bonds is 79. The van der Waals surface area contributed by atoms with Crippen LogP contribution in [-0.2, 0) is 65.4 Å². The Bertz CT molecular complexity index is 2300. The molecule has 0 aliphatic rings. The number of phosphoric ester groups is 2. The summed E-state index contributed by atoms with van der Waals surface area (Å²) in [5.41, 5.74) is 0. The van der Waals surface area contributed by atoms with Crippen molar-refractivity contribution in [3.8, 4) is 0 Å². The van der Waals surface area contributed by atoms with Gasteiger partial charge < -0.3 is 33.8 Å². The maximum atomic E-state index is 13.1. The van der Waals surface area contributed by atoms with Gasteiger partial charge in [0.05, 0.1) is 26.4 Å². The standard InChI is InChI=1S/C85H152O17P2/c1-5-9-13-17-21-25-29-33-37-39-43-46-50-54-58-62-66-70-83(88)96-76-81(102-85(90)72-68-64-60-56-52-48-44-40-38-34-30-26-22-18-14-10-6-2)78-100-104(93,94)98-74-79(86)73-97-103(91,92)99-77-80(101-84(89)71-67-63-59-55-51-47-42-36-32-28-24-20-16-12-8-4)75-95-82(87)69-65-61-57-53-49-45-41-35-31-27-23-19-15-11-7-3/h22-23,26-27,34-36,38,41-42,44,48,56,60,79-81,86H,5-21,24-25,28-33,37,39-40,43,45-47,49-55,57-59,61-78H2,1-4H3,(H,91,92)(H,93,94)/b26-22-,27-23-,38-34-,41-35-,42-36-,48-44-,60-56-/t79-,80+,81+/m0/s1. The fraction of sp³-hybridized carbons (Fsp3) is 0.788. The average molecular weight is 1510 g/mol. The lowest BCUT2D eigenvalue weighted by Gasteiger charge is -2.21. The average Bonchev–Trinajstić information content (AvgIpc) is 1.04. The number of hydrogen-bond acceptors (Lipinski definition) is 15. The number of unbranched alkanes of at least 4 members (excludes halogenated alkanes) is 39. The van der Waals surface area contributed by atoms with E-state index in [1.54, 1.807) is 0 Å². The highest BCUT2D eigenvalue weighted by Gasteiger charge is 2.30. The summed E-state index contributed by atoms with van der Waals surface area (Å²) in [5.74, 6) is -2.24. The predicted octanol–water partition coefficient (Wildman–Crippen LogP) is 24.6. The minimum atomic E-state index is -4.99. The van der Waals surface area contributed by atoms with E-state index in [2.05, 4.69) is 101 Å². The normalized spacial score (nSPS) is 14.3. The first-order valence-corrected chi connectivity index (χ1v) is 44.8. The number of carbonyl (C=O) groups is 4. The molecule has 0 saturated heterocycles. The molecule has 0 aromatic rings. The molecule has 19 heteroatoms. The van der Waals surface area contributed by atoms with Crippen LogP contribution in [0.4, 0.5) is 0 Å². The van der Waals surface area contributed by atoms with E-state index in [0.29, 0.717) is 32.1 Å². The van der Waals surface area contributed by atoms with E-state index < -0.39 is 97.5 Å². The molecule has 0 radical (unpaired) electrons. The number of esters is 4. The van der Waals surface area contributed by atoms with Crippen LogP contribution in [0.1, 0.15) is 374 Å². The number of aliphatic hydroxyl groups excluding tert-OH is 1. The number of aliphatic hydroxyl groups is 1. The summed E-state index contributed by atoms with van der Waals surface area (Å²) < 4.78 is 68.7. The van der Waals surface area contributed by atoms with Crippen molar-refractivity contribution in [2.24, 2.45) is 0 Å². The van der Waals surface area contributed by atoms with E-state index in [-0.39, 0.29) is 25.7 Å². The molecule has 3 N–H and O–H groups in total. The highest BCUT2D eigenvalue weighted by atomic mass is 31.2. The van der Waals surface area contributed by atoms with Gasteiger partial charge in [-0.15, -0.1) is 0 Å². The molecule has 604 valence electrons. The van der Waals surface area contributed by atoms with Gasteiger partial charge in [-0.1, -0.05) is 312 Å². The van der Waals surface area contributed by atoms with Crippen LogP contribution < -0.4 is 0 Å². The largest absolute Gasteiger partial charge is 0.472 e. The molecule has 0 spiro atoms. The Morgan fingerprint density at radius 2 is 0.481 bits per heavy atom. The topological polar surface area (TPSA) is 237 Å². The van der Waals surface area contributed by atoms with Crippen molar-refractivity contribution in [2.75, 3.05) is 39.6 Å². The third kappa shape index (κ3) is 76.4. The van der Waals surface area contributed by atoms with E-state index in [1.807, 2.05) is 12.2 Å². The number of allylic oxidation sites excluding steroid dienone is 14. The molecular weight excluding hydrogens is 1350 g/mol. The summed E-state index contributed by atoms with van der Waals surface area (Å²) in [6, 6.07) is 0. The van der Waals surface area contributed by atoms with Gasteiger partial charge in [-0.3, -0.25) is 37.3 Å². The lowest BCUT2D eigenvalue weighted by atomic mass is 10.0. The summed E-state index contributed by atoms with van der Waals surface area (Å²) in [6.45, 7) is 4.80. The molecule has 17 nitrogen and oxygen atoms in total. The number of carbonyl (C=O) groups excluding carboxylic acids is 4. The van der Waals surface area contributed by atoms with Gasteiger partial charge in [0.25, 0.3) is 0 Å². The fourth-order valence-electron chi connectivity index (χ4n) is 11.4. The van der Waals surface area contributed by atoms with Crippen LogP contribution >= 0.6 is 15.6 Å². The van der Waals surface area contributed by atoms with E-state index >= 15 is 0 Å². The number of phosphoric acid groups is 2. The lowest BCUT2D eigenvalue weighted by molar-refractivity contribution is -0.161. The molecule has 0 aromatic heterocycles. The smallest absolute Gasteiger partial charge is 0.462 e. The van der Waals surface area contributed by atoms with Gasteiger partial charge in [0.15, 0.2) is 12.2 Å². The Labute approximate surface area is 634 Å². The summed E-state index contributed by atoms with van der Waals surface area (Å²) in [7, 11) is -9.97. The number of hydrogen-bond donors (Lipinski definition) is 3. The molecule has 0 aliphatic carbocycles. The van der Waals surface area contributed by atoms with Crippen molar-refractivity contribution in [1.82, 2.24) is 0 Å². The van der Waals surface area contributed by atoms with Gasteiger partial charge >= 0.3 is 39.5 Å². The second kappa shape index (κ2) is 77.4. The molecule has 0 rings (SSSR count). The Morgan fingerprint density at radius 3 is 0.788 bits per heavy atom. The summed E-state index contributed by atoms with van der Waals surface area (Å²) in [4.78, 5) is 73.1. The van der Waals surface area contributed by atoms with Gasteiger partial charge in [-0.25, -0.2) is 9.13 Å². The predicted molar refractivity (Wildman–Crippen MR) is 427 cm³/mol. The van der Waals surface area contributed by atoms with Crippen molar-refractivity contribution in [1.29, 1.82) is 0 Å². The molecule has 0 aliphatic heterocycles. The summed E-state index contributed by atoms with van der Waals surface area (Å²) in [6.07, 6.45) is 81.3. The summed E-state index contributed by atoms with van der Waals surface area (Å²) >= 11 is 0. The maximum Gasteiger partial charge on any atom is 0.472 e. The third-order valence-electron chi connectivity index (χ3n) is 17.8. The quantitative estimate of drug-likeness (QED) is 0.0169. The highest BCUT2D eigenvalue weighted by molar-refractivity contribution is 7.47. The molecule has 0 fully saturated rings. The molecule has 0 saturated carbocycles. The van der Waals surface area contributed by atoms with Crippen LogP contribution in [-0.4, -0.2) is 96.7 Å². The first-order valence-electron chi connectivity index (χ1n) is 41.8. The van der Waals surface area contributed by atoms with E-state index in [4.69, 9.17) is 37.0 Å². The molecule has 0 heterocycles. The van der Waals surface area contributed by atoms with Crippen molar-refractivity contribution in [3.63, 3.8) is 0 Å². The van der Waals surface area contributed by atoms with Crippen molar-refractivity contribution in [2.45, 2.75) is 393 Å². The SMILES string of the molecule is CCCCC/C=C\C/C=C\C/C=C\C/C=C\CCCC(=O)O[C@H](COC(=O)CCCCCCCCCCCCCCCCCCC)COP(=O)(O)OC[C@@H](O)COP(=O)(O)OC[C@@H](COC(=O)CCCCCCC/C=C\C/C=C\CCCCC)OC(=O)CCCCCCC/C=C\CCCCCCCC. The Morgan fingerprint density at radius 1 is 0.269 bits per heavy atom. The minimum Gasteiger partial charge on any atom is -0.462 e. The molecular formula is C85H152O17P2. The zero-order valence-electron chi connectivity index (χ0n) is 66.2. The van der Waals surface area contributed by atoms with Crippen LogP contribution in [0.2, 0.25) is 0 Å². The Kier molecular flexibility index (Phi) is 74.6. The molecule has 5 atom stereocenters. The molecule has 0 aromatic carbocycles. The molecule has 104 heavy (non-hydrogen) atoms. The van der Waals surface area contributed by atoms with Gasteiger partial charge in [-0.2, -0.15) is 0 Å². The first kappa shape index (κ1) is 100. The van der Waals surface area contributed by atoms with Crippen LogP contribution in [0.3, 0.4) is 0 Å². The zero-order chi connectivity index (χ0) is 76.0. The van der Waals surface area contributed by atoms with E-state index in [1.165, 1.54) is 161 Å². The first-order chi connectivity index (χ1) is 50.7. The highest BCUT2D eigenvalue weighted by Crippen LogP contribution is 2.45. The second-order valence-corrected chi connectivity index (χ2v) is 31.0. The maximum absolute atomic E-state index is 13.1. The van der Waals surface area contributed by atoms with Crippen LogP contribution in [0.5, 0.6) is 0 Å². The van der Waals surface area contributed by atoms with Crippen LogP contribution in [0.25, 0.3) is 0 Å². The lowest BCUT2D eigenvalue weighted by Crippen LogP contribution is -2.30. The van der Waals surface area contributed by atoms with Crippen LogP contribution in [0, 0.1) is 0 Å². The van der Waals surface area contributed by atoms with Gasteiger partial charge in [0.1, 0.15) is 19.3 Å². The van der Waals surface area contributed by atoms with Crippen molar-refractivity contribution >= 4 is 39.5 Å². The Hall–Kier alpha value is -3.76. The monoisotopic (exact) mass is 1510 g/mol. The van der Waals surface area contributed by atoms with Crippen LogP contribution in [0.15, 0.2) is 85.1 Å². The van der Waals surface area contributed by atoms with Gasteiger partial charge in [-0.05, 0) is 122 Å². The Balaban J connectivity index is 5.40. The van der Waals surface area contributed by atoms with E-state index in [0.717, 1.165) is 128 Å². The minimum absolute atomic E-state index is 0.0221. The van der Waals surface area contributed by atoms with Gasteiger partial charge in [0, 0.05) is 25.7 Å². The van der Waals surface area contributed by atoms with Crippen molar-refractivity contribution in [3.05, 3.63) is 85.1 Å². The van der Waals surface area contributed by atoms with E-state index in [9.17, 15) is 43.2 Å². The molecule has 0 bridgehead atoms. The zero-order valence-corrected chi connectivity index (χ0v) is 68.0.